The standard InChI is InChI=1S/C16H25I/c1-3-5-7-9-14-11-15(10-8-6-4-2)13-16(17)12-14/h11-13H,3-10H2,1-2H3. The molecule has 0 aromatic heterocycles. The highest BCUT2D eigenvalue weighted by molar-refractivity contribution is 14.1. The van der Waals surface area contributed by atoms with Crippen molar-refractivity contribution < 1.29 is 0 Å². The van der Waals surface area contributed by atoms with Crippen LogP contribution in [0, 0.1) is 3.57 Å². The minimum Gasteiger partial charge on any atom is -0.0654 e. The molecule has 1 heteroatoms. The van der Waals surface area contributed by atoms with Crippen LogP contribution in [0.4, 0.5) is 0 Å². The first-order valence-corrected chi connectivity index (χ1v) is 8.12. The van der Waals surface area contributed by atoms with Crippen LogP contribution in [0.25, 0.3) is 0 Å². The topological polar surface area (TPSA) is 0 Å². The summed E-state index contributed by atoms with van der Waals surface area (Å²) in [6.07, 6.45) is 10.5. The van der Waals surface area contributed by atoms with Gasteiger partial charge in [0.05, 0.1) is 0 Å². The molecular formula is C16H25I. The smallest absolute Gasteiger partial charge is 0.0135 e. The van der Waals surface area contributed by atoms with Crippen molar-refractivity contribution in [1.82, 2.24) is 0 Å². The van der Waals surface area contributed by atoms with Crippen LogP contribution >= 0.6 is 22.6 Å². The van der Waals surface area contributed by atoms with Gasteiger partial charge in [-0.1, -0.05) is 45.6 Å². The first-order chi connectivity index (χ1) is 8.26. The molecule has 0 aliphatic rings. The van der Waals surface area contributed by atoms with Gasteiger partial charge in [-0.25, -0.2) is 0 Å². The fourth-order valence-electron chi connectivity index (χ4n) is 2.16. The molecule has 0 N–H and O–H groups in total. The van der Waals surface area contributed by atoms with E-state index in [1.165, 1.54) is 66.1 Å². The molecule has 17 heavy (non-hydrogen) atoms. The molecule has 0 aliphatic carbocycles. The Balaban J connectivity index is 2.53. The number of unbranched alkanes of at least 4 members (excludes halogenated alkanes) is 4. The lowest BCUT2D eigenvalue weighted by molar-refractivity contribution is 0.708. The number of hydrogen-bond donors (Lipinski definition) is 0. The molecule has 1 aromatic carbocycles. The minimum absolute atomic E-state index is 1.26. The van der Waals surface area contributed by atoms with Gasteiger partial charge in [-0.3, -0.25) is 0 Å². The maximum absolute atomic E-state index is 2.45. The van der Waals surface area contributed by atoms with E-state index in [1.807, 2.05) is 0 Å². The zero-order valence-corrected chi connectivity index (χ0v) is 13.4. The Kier molecular flexibility index (Phi) is 7.91. The van der Waals surface area contributed by atoms with E-state index in [-0.39, 0.29) is 0 Å². The second-order valence-electron chi connectivity index (χ2n) is 4.88. The van der Waals surface area contributed by atoms with Gasteiger partial charge in [-0.15, -0.1) is 0 Å². The molecule has 0 amide bonds. The Labute approximate surface area is 120 Å². The van der Waals surface area contributed by atoms with E-state index in [1.54, 1.807) is 0 Å². The molecule has 1 aromatic rings. The average molecular weight is 344 g/mol. The van der Waals surface area contributed by atoms with Crippen molar-refractivity contribution in [3.05, 3.63) is 32.9 Å². The lowest BCUT2D eigenvalue weighted by Gasteiger charge is -2.07. The largest absolute Gasteiger partial charge is 0.0654 e. The van der Waals surface area contributed by atoms with E-state index in [0.717, 1.165) is 0 Å². The van der Waals surface area contributed by atoms with Crippen LogP contribution in [-0.4, -0.2) is 0 Å². The molecule has 0 atom stereocenters. The van der Waals surface area contributed by atoms with Gasteiger partial charge in [0.1, 0.15) is 0 Å². The molecule has 0 saturated heterocycles. The molecule has 0 spiro atoms. The second-order valence-corrected chi connectivity index (χ2v) is 6.13. The van der Waals surface area contributed by atoms with Crippen LogP contribution in [0.5, 0.6) is 0 Å². The van der Waals surface area contributed by atoms with Crippen molar-refractivity contribution in [3.8, 4) is 0 Å². The zero-order valence-electron chi connectivity index (χ0n) is 11.3. The van der Waals surface area contributed by atoms with Gasteiger partial charge in [-0.2, -0.15) is 0 Å². The molecule has 0 saturated carbocycles. The van der Waals surface area contributed by atoms with E-state index in [0.29, 0.717) is 0 Å². The summed E-state index contributed by atoms with van der Waals surface area (Å²) in [6.45, 7) is 4.54. The molecule has 1 rings (SSSR count). The van der Waals surface area contributed by atoms with E-state index < -0.39 is 0 Å². The second kappa shape index (κ2) is 8.96. The van der Waals surface area contributed by atoms with Crippen LogP contribution < -0.4 is 0 Å². The van der Waals surface area contributed by atoms with Crippen molar-refractivity contribution in [2.75, 3.05) is 0 Å². The molecule has 0 fully saturated rings. The molecule has 0 bridgehead atoms. The number of hydrogen-bond acceptors (Lipinski definition) is 0. The Morgan fingerprint density at radius 3 is 1.65 bits per heavy atom. The minimum atomic E-state index is 1.26. The van der Waals surface area contributed by atoms with Gasteiger partial charge < -0.3 is 0 Å². The molecule has 0 heterocycles. The summed E-state index contributed by atoms with van der Waals surface area (Å²) < 4.78 is 1.41. The van der Waals surface area contributed by atoms with Crippen LogP contribution in [0.3, 0.4) is 0 Å². The van der Waals surface area contributed by atoms with Crippen LogP contribution in [0.1, 0.15) is 63.5 Å². The van der Waals surface area contributed by atoms with E-state index in [2.05, 4.69) is 54.6 Å². The Bertz CT molecular complexity index is 289. The van der Waals surface area contributed by atoms with Crippen molar-refractivity contribution >= 4 is 22.6 Å². The maximum Gasteiger partial charge on any atom is 0.0135 e. The number of benzene rings is 1. The predicted molar refractivity (Wildman–Crippen MR) is 85.6 cm³/mol. The van der Waals surface area contributed by atoms with Gasteiger partial charge in [0.25, 0.3) is 0 Å². The highest BCUT2D eigenvalue weighted by Gasteiger charge is 2.00. The lowest BCUT2D eigenvalue weighted by atomic mass is 10.0. The summed E-state index contributed by atoms with van der Waals surface area (Å²) in [5.74, 6) is 0. The Morgan fingerprint density at radius 2 is 1.24 bits per heavy atom. The molecule has 96 valence electrons. The highest BCUT2D eigenvalue weighted by Crippen LogP contribution is 2.17. The molecular weight excluding hydrogens is 319 g/mol. The maximum atomic E-state index is 2.45. The number of rotatable bonds is 8. The Morgan fingerprint density at radius 1 is 0.765 bits per heavy atom. The van der Waals surface area contributed by atoms with Gasteiger partial charge in [0, 0.05) is 3.57 Å². The normalized spacial score (nSPS) is 10.8. The molecule has 0 nitrogen and oxygen atoms in total. The summed E-state index contributed by atoms with van der Waals surface area (Å²) in [4.78, 5) is 0. The third-order valence-electron chi connectivity index (χ3n) is 3.16. The number of aryl methyl sites for hydroxylation is 2. The monoisotopic (exact) mass is 344 g/mol. The fraction of sp³-hybridized carbons (Fsp3) is 0.625. The molecule has 0 unspecified atom stereocenters. The molecule has 0 radical (unpaired) electrons. The van der Waals surface area contributed by atoms with Gasteiger partial charge in [-0.05, 0) is 71.5 Å². The summed E-state index contributed by atoms with van der Waals surface area (Å²) in [6, 6.07) is 7.12. The average Bonchev–Trinajstić information content (AvgIpc) is 2.29. The van der Waals surface area contributed by atoms with Crippen LogP contribution in [0.15, 0.2) is 18.2 Å². The zero-order chi connectivity index (χ0) is 12.5. The lowest BCUT2D eigenvalue weighted by Crippen LogP contribution is -1.92. The third-order valence-corrected chi connectivity index (χ3v) is 3.78. The van der Waals surface area contributed by atoms with Crippen molar-refractivity contribution in [3.63, 3.8) is 0 Å². The van der Waals surface area contributed by atoms with E-state index >= 15 is 0 Å². The summed E-state index contributed by atoms with van der Waals surface area (Å²) in [5, 5.41) is 0. The van der Waals surface area contributed by atoms with Gasteiger partial charge >= 0.3 is 0 Å². The first kappa shape index (κ1) is 15.0. The number of halogens is 1. The Hall–Kier alpha value is -0.0500. The summed E-state index contributed by atoms with van der Waals surface area (Å²) >= 11 is 2.45. The summed E-state index contributed by atoms with van der Waals surface area (Å²) in [7, 11) is 0. The SMILES string of the molecule is CCCCCc1cc(I)cc(CCCCC)c1. The van der Waals surface area contributed by atoms with Crippen LogP contribution in [0.2, 0.25) is 0 Å². The first-order valence-electron chi connectivity index (χ1n) is 7.04. The van der Waals surface area contributed by atoms with Crippen molar-refractivity contribution in [2.45, 2.75) is 65.2 Å². The molecule has 0 aliphatic heterocycles. The van der Waals surface area contributed by atoms with Gasteiger partial charge in [0.15, 0.2) is 0 Å². The third kappa shape index (κ3) is 6.44. The van der Waals surface area contributed by atoms with Gasteiger partial charge in [0.2, 0.25) is 0 Å². The van der Waals surface area contributed by atoms with E-state index in [9.17, 15) is 0 Å². The van der Waals surface area contributed by atoms with Crippen molar-refractivity contribution in [2.24, 2.45) is 0 Å². The van der Waals surface area contributed by atoms with E-state index in [4.69, 9.17) is 0 Å². The summed E-state index contributed by atoms with van der Waals surface area (Å²) in [5.41, 5.74) is 3.08. The highest BCUT2D eigenvalue weighted by atomic mass is 127. The fourth-order valence-corrected chi connectivity index (χ4v) is 2.96. The van der Waals surface area contributed by atoms with Crippen molar-refractivity contribution in [1.29, 1.82) is 0 Å². The van der Waals surface area contributed by atoms with Crippen LogP contribution in [-0.2, 0) is 12.8 Å². The quantitative estimate of drug-likeness (QED) is 0.416. The predicted octanol–water partition coefficient (Wildman–Crippen LogP) is 5.76.